The predicted molar refractivity (Wildman–Crippen MR) is 54.7 cm³/mol. The highest BCUT2D eigenvalue weighted by atomic mass is 16.5. The Morgan fingerprint density at radius 3 is 1.94 bits per heavy atom. The Hall–Kier alpha value is -2.77. The van der Waals surface area contributed by atoms with Gasteiger partial charge in [0.15, 0.2) is 5.78 Å². The number of ether oxygens (including phenoxy) is 2. The summed E-state index contributed by atoms with van der Waals surface area (Å²) in [6.07, 6.45) is -0.913. The molecule has 0 heterocycles. The zero-order valence-electron chi connectivity index (χ0n) is 9.43. The molecular weight excluding hydrogens is 248 g/mol. The molecule has 0 atom stereocenters. The number of hydrogen-bond donors (Lipinski definition) is 0. The average Bonchev–Trinajstić information content (AvgIpc) is 2.36. The molecule has 0 radical (unpaired) electrons. The van der Waals surface area contributed by atoms with E-state index in [1.165, 1.54) is 0 Å². The number of ketones is 1. The monoisotopic (exact) mass is 256 g/mol. The van der Waals surface area contributed by atoms with E-state index in [-0.39, 0.29) is 0 Å². The van der Waals surface area contributed by atoms with E-state index < -0.39 is 29.8 Å². The number of azide groups is 1. The van der Waals surface area contributed by atoms with Gasteiger partial charge in [0.25, 0.3) is 5.66 Å². The largest absolute Gasteiger partial charge is 0.469 e. The highest BCUT2D eigenvalue weighted by Crippen LogP contribution is 2.20. The Morgan fingerprint density at radius 1 is 1.11 bits per heavy atom. The summed E-state index contributed by atoms with van der Waals surface area (Å²) in [4.78, 5) is 38.5. The first-order chi connectivity index (χ1) is 8.48. The average molecular weight is 256 g/mol. The zero-order chi connectivity index (χ0) is 14.2. The molecule has 0 aliphatic heterocycles. The van der Waals surface area contributed by atoms with E-state index in [1.807, 2.05) is 0 Å². The topological polar surface area (TPSA) is 167 Å². The predicted octanol–water partition coefficient (Wildman–Crippen LogP) is 0.608. The fourth-order valence-corrected chi connectivity index (χ4v) is 0.925. The Balaban J connectivity index is 5.63. The lowest BCUT2D eigenvalue weighted by molar-refractivity contribution is -0.152. The summed E-state index contributed by atoms with van der Waals surface area (Å²) in [6.45, 7) is 0. The first-order valence-electron chi connectivity index (χ1n) is 4.29. The Morgan fingerprint density at radius 2 is 1.61 bits per heavy atom. The van der Waals surface area contributed by atoms with Crippen molar-refractivity contribution in [2.24, 2.45) is 10.2 Å². The molecule has 0 fully saturated rings. The molecule has 0 rings (SSSR count). The number of hydrogen-bond acceptors (Lipinski definition) is 7. The van der Waals surface area contributed by atoms with Crippen LogP contribution in [0.3, 0.4) is 0 Å². The van der Waals surface area contributed by atoms with Crippen LogP contribution in [0.4, 0.5) is 0 Å². The zero-order valence-corrected chi connectivity index (χ0v) is 9.43. The first-order valence-corrected chi connectivity index (χ1v) is 4.29. The Labute approximate surface area is 99.9 Å². The van der Waals surface area contributed by atoms with Crippen molar-refractivity contribution in [3.05, 3.63) is 20.9 Å². The van der Waals surface area contributed by atoms with Crippen LogP contribution in [0.5, 0.6) is 0 Å². The smallest absolute Gasteiger partial charge is 0.331 e. The van der Waals surface area contributed by atoms with Gasteiger partial charge < -0.3 is 9.47 Å². The molecular formula is C7H8N6O5. The minimum absolute atomic E-state index is 0.891. The van der Waals surface area contributed by atoms with Crippen LogP contribution >= 0.6 is 0 Å². The van der Waals surface area contributed by atoms with Crippen LogP contribution in [0.25, 0.3) is 20.9 Å². The maximum atomic E-state index is 11.7. The van der Waals surface area contributed by atoms with Gasteiger partial charge in [-0.25, -0.2) is 0 Å². The number of Topliss-reactive ketones (excluding diaryl/α,β-unsaturated/α-hetero) is 1. The molecule has 0 saturated carbocycles. The molecule has 0 unspecified atom stereocenters. The second kappa shape index (κ2) is 6.74. The molecule has 0 aromatic rings. The van der Waals surface area contributed by atoms with Gasteiger partial charge in [-0.1, -0.05) is 10.2 Å². The van der Waals surface area contributed by atoms with E-state index in [0.717, 1.165) is 14.2 Å². The van der Waals surface area contributed by atoms with Crippen LogP contribution < -0.4 is 0 Å². The molecule has 0 aromatic heterocycles. The van der Waals surface area contributed by atoms with Crippen LogP contribution in [0.1, 0.15) is 6.42 Å². The lowest BCUT2D eigenvalue weighted by Crippen LogP contribution is -2.44. The molecule has 11 heteroatoms. The second-order valence-electron chi connectivity index (χ2n) is 2.72. The molecule has 0 aliphatic carbocycles. The van der Waals surface area contributed by atoms with Gasteiger partial charge >= 0.3 is 11.9 Å². The number of methoxy groups -OCH3 is 2. The standard InChI is InChI=1S/C7H8N6O5/c1-17-5(15)3-4(14)7(10-12-8,11-13-9)6(16)18-2/h3H2,1-2H3. The van der Waals surface area contributed by atoms with Gasteiger partial charge in [0.05, 0.1) is 14.2 Å². The van der Waals surface area contributed by atoms with Gasteiger partial charge in [-0.2, -0.15) is 0 Å². The molecule has 96 valence electrons. The van der Waals surface area contributed by atoms with E-state index in [4.69, 9.17) is 11.1 Å². The van der Waals surface area contributed by atoms with E-state index in [1.54, 1.807) is 0 Å². The van der Waals surface area contributed by atoms with Crippen molar-refractivity contribution in [3.63, 3.8) is 0 Å². The number of rotatable bonds is 6. The van der Waals surface area contributed by atoms with Crippen molar-refractivity contribution in [2.45, 2.75) is 12.1 Å². The summed E-state index contributed by atoms with van der Waals surface area (Å²) in [6, 6.07) is 0. The van der Waals surface area contributed by atoms with Crippen LogP contribution in [0, 0.1) is 0 Å². The summed E-state index contributed by atoms with van der Waals surface area (Å²) in [5.74, 6) is -3.64. The molecule has 11 nitrogen and oxygen atoms in total. The van der Waals surface area contributed by atoms with Crippen molar-refractivity contribution in [1.29, 1.82) is 0 Å². The van der Waals surface area contributed by atoms with Crippen molar-refractivity contribution >= 4 is 17.7 Å². The number of esters is 2. The third-order valence-electron chi connectivity index (χ3n) is 1.77. The number of carbonyl (C=O) groups is 3. The summed E-state index contributed by atoms with van der Waals surface area (Å²) in [7, 11) is 1.90. The molecule has 0 aliphatic rings. The van der Waals surface area contributed by atoms with Gasteiger partial charge in [-0.05, 0) is 11.1 Å². The van der Waals surface area contributed by atoms with Crippen LogP contribution in [-0.2, 0) is 23.9 Å². The van der Waals surface area contributed by atoms with Crippen molar-refractivity contribution in [3.8, 4) is 0 Å². The van der Waals surface area contributed by atoms with Gasteiger partial charge in [0, 0.05) is 9.82 Å². The summed E-state index contributed by atoms with van der Waals surface area (Å²) in [5.41, 5.74) is 13.8. The Bertz CT molecular complexity index is 443. The summed E-state index contributed by atoms with van der Waals surface area (Å²) in [5, 5.41) is 5.66. The van der Waals surface area contributed by atoms with E-state index >= 15 is 0 Å². The Kier molecular flexibility index (Phi) is 5.70. The van der Waals surface area contributed by atoms with E-state index in [9.17, 15) is 14.4 Å². The number of nitrogens with zero attached hydrogens (tertiary/aromatic N) is 6. The quantitative estimate of drug-likeness (QED) is 0.222. The maximum absolute atomic E-state index is 11.7. The van der Waals surface area contributed by atoms with Crippen LogP contribution in [0.2, 0.25) is 0 Å². The van der Waals surface area contributed by atoms with Gasteiger partial charge in [0.2, 0.25) is 0 Å². The van der Waals surface area contributed by atoms with E-state index in [0.29, 0.717) is 0 Å². The first kappa shape index (κ1) is 15.2. The van der Waals surface area contributed by atoms with Crippen molar-refractivity contribution < 1.29 is 23.9 Å². The molecule has 0 saturated heterocycles. The fraction of sp³-hybridized carbons (Fsp3) is 0.571. The highest BCUT2D eigenvalue weighted by Gasteiger charge is 2.46. The maximum Gasteiger partial charge on any atom is 0.331 e. The molecule has 0 spiro atoms. The van der Waals surface area contributed by atoms with Crippen molar-refractivity contribution in [1.82, 2.24) is 0 Å². The highest BCUT2D eigenvalue weighted by molar-refractivity contribution is 6.13. The lowest BCUT2D eigenvalue weighted by atomic mass is 10.0. The number of carbonyl (C=O) groups excluding carboxylic acids is 3. The minimum Gasteiger partial charge on any atom is -0.469 e. The fourth-order valence-electron chi connectivity index (χ4n) is 0.925. The van der Waals surface area contributed by atoms with E-state index in [2.05, 4.69) is 29.5 Å². The van der Waals surface area contributed by atoms with Gasteiger partial charge in [-0.15, -0.1) is 0 Å². The molecule has 0 amide bonds. The summed E-state index contributed by atoms with van der Waals surface area (Å²) < 4.78 is 8.42. The molecule has 0 bridgehead atoms. The van der Waals surface area contributed by atoms with Crippen molar-refractivity contribution in [2.75, 3.05) is 14.2 Å². The molecule has 0 aromatic carbocycles. The molecule has 18 heavy (non-hydrogen) atoms. The lowest BCUT2D eigenvalue weighted by Gasteiger charge is -2.17. The summed E-state index contributed by atoms with van der Waals surface area (Å²) >= 11 is 0. The minimum atomic E-state index is -2.79. The van der Waals surface area contributed by atoms with Gasteiger partial charge in [-0.3, -0.25) is 14.4 Å². The third kappa shape index (κ3) is 3.11. The SMILES string of the molecule is COC(=O)CC(=O)C(N=[N+]=[N-])(N=[N+]=[N-])C(=O)OC. The molecule has 0 N–H and O–H groups in total. The normalized spacial score (nSPS) is 12.1. The third-order valence-corrected chi connectivity index (χ3v) is 1.77. The second-order valence-corrected chi connectivity index (χ2v) is 2.72. The van der Waals surface area contributed by atoms with Crippen LogP contribution in [-0.4, -0.2) is 37.6 Å². The van der Waals surface area contributed by atoms with Crippen LogP contribution in [0.15, 0.2) is 10.2 Å². The van der Waals surface area contributed by atoms with Gasteiger partial charge in [0.1, 0.15) is 6.42 Å².